The minimum Gasteiger partial charge on any atom is -0.391 e. The third kappa shape index (κ3) is 3.64. The van der Waals surface area contributed by atoms with Gasteiger partial charge in [0.25, 0.3) is 0 Å². The SMILES string of the molecule is O=C(N=c1sc(CO)cn1-c1ccc(Cl)c(Cl)c1)N1CC[C@@H](F)C1. The van der Waals surface area contributed by atoms with E-state index in [1.807, 2.05) is 0 Å². The van der Waals surface area contributed by atoms with E-state index in [1.165, 1.54) is 16.2 Å². The number of aromatic nitrogens is 1. The van der Waals surface area contributed by atoms with Gasteiger partial charge in [-0.1, -0.05) is 34.5 Å². The summed E-state index contributed by atoms with van der Waals surface area (Å²) in [6.45, 7) is 0.244. The maximum atomic E-state index is 13.3. The van der Waals surface area contributed by atoms with E-state index in [-0.39, 0.29) is 13.2 Å². The number of aliphatic hydroxyl groups excluding tert-OH is 1. The molecule has 1 aliphatic heterocycles. The molecular weight excluding hydrogens is 376 g/mol. The number of likely N-dealkylation sites (tertiary alicyclic amines) is 1. The molecule has 128 valence electrons. The third-order valence-electron chi connectivity index (χ3n) is 3.63. The van der Waals surface area contributed by atoms with E-state index in [4.69, 9.17) is 23.2 Å². The molecule has 1 aromatic heterocycles. The number of halogens is 3. The molecule has 2 amide bonds. The molecule has 0 radical (unpaired) electrons. The topological polar surface area (TPSA) is 57.8 Å². The van der Waals surface area contributed by atoms with Gasteiger partial charge in [-0.3, -0.25) is 4.57 Å². The fourth-order valence-electron chi connectivity index (χ4n) is 2.41. The first-order valence-electron chi connectivity index (χ1n) is 7.23. The fourth-order valence-corrected chi connectivity index (χ4v) is 3.54. The number of hydrogen-bond donors (Lipinski definition) is 1. The Labute approximate surface area is 151 Å². The highest BCUT2D eigenvalue weighted by atomic mass is 35.5. The van der Waals surface area contributed by atoms with E-state index in [2.05, 4.69) is 4.99 Å². The standard InChI is InChI=1S/C15H14Cl2FN3O2S/c16-12-2-1-10(5-13(12)17)21-7-11(8-22)24-15(21)19-14(23)20-4-3-9(18)6-20/h1-2,5,7,9,22H,3-4,6,8H2/t9-/m1/s1. The number of benzene rings is 1. The van der Waals surface area contributed by atoms with Crippen molar-refractivity contribution in [1.82, 2.24) is 9.47 Å². The van der Waals surface area contributed by atoms with Crippen molar-refractivity contribution in [3.8, 4) is 5.69 Å². The van der Waals surface area contributed by atoms with Crippen molar-refractivity contribution in [1.29, 1.82) is 0 Å². The van der Waals surface area contributed by atoms with Gasteiger partial charge in [0.2, 0.25) is 0 Å². The second kappa shape index (κ2) is 7.23. The van der Waals surface area contributed by atoms with Crippen LogP contribution < -0.4 is 4.80 Å². The minimum absolute atomic E-state index is 0.0628. The Morgan fingerprint density at radius 3 is 2.83 bits per heavy atom. The van der Waals surface area contributed by atoms with Gasteiger partial charge in [-0.25, -0.2) is 9.18 Å². The van der Waals surface area contributed by atoms with Crippen LogP contribution in [0.2, 0.25) is 10.0 Å². The molecule has 5 nitrogen and oxygen atoms in total. The average molecular weight is 390 g/mol. The number of urea groups is 1. The van der Waals surface area contributed by atoms with Crippen LogP contribution >= 0.6 is 34.5 Å². The van der Waals surface area contributed by atoms with Crippen molar-refractivity contribution in [2.45, 2.75) is 19.2 Å². The minimum atomic E-state index is -0.998. The summed E-state index contributed by atoms with van der Waals surface area (Å²) < 4.78 is 14.9. The predicted molar refractivity (Wildman–Crippen MR) is 91.6 cm³/mol. The molecule has 0 bridgehead atoms. The van der Waals surface area contributed by atoms with Gasteiger partial charge in [-0.05, 0) is 24.6 Å². The van der Waals surface area contributed by atoms with Crippen LogP contribution in [0.25, 0.3) is 5.69 Å². The maximum Gasteiger partial charge on any atom is 0.346 e. The van der Waals surface area contributed by atoms with Crippen LogP contribution in [-0.4, -0.2) is 39.9 Å². The predicted octanol–water partition coefficient (Wildman–Crippen LogP) is 3.40. The van der Waals surface area contributed by atoms with Gasteiger partial charge in [0.15, 0.2) is 4.80 Å². The lowest BCUT2D eigenvalue weighted by Gasteiger charge is -2.11. The van der Waals surface area contributed by atoms with Crippen molar-refractivity contribution >= 4 is 40.6 Å². The lowest BCUT2D eigenvalue weighted by Crippen LogP contribution is -2.28. The van der Waals surface area contributed by atoms with Crippen molar-refractivity contribution in [2.75, 3.05) is 13.1 Å². The van der Waals surface area contributed by atoms with Crippen LogP contribution in [-0.2, 0) is 6.61 Å². The van der Waals surface area contributed by atoms with Gasteiger partial charge in [0, 0.05) is 18.4 Å². The quantitative estimate of drug-likeness (QED) is 0.855. The van der Waals surface area contributed by atoms with E-state index in [1.54, 1.807) is 29.0 Å². The Bertz CT molecular complexity index is 836. The van der Waals surface area contributed by atoms with Gasteiger partial charge >= 0.3 is 6.03 Å². The number of thiazole rings is 1. The van der Waals surface area contributed by atoms with Crippen molar-refractivity contribution in [2.24, 2.45) is 4.99 Å². The van der Waals surface area contributed by atoms with Gasteiger partial charge in [0.05, 0.1) is 28.1 Å². The number of aliphatic hydroxyl groups is 1. The highest BCUT2D eigenvalue weighted by Crippen LogP contribution is 2.24. The summed E-state index contributed by atoms with van der Waals surface area (Å²) in [6.07, 6.45) is 1.02. The molecule has 2 aromatic rings. The molecule has 1 atom stereocenters. The molecule has 1 saturated heterocycles. The van der Waals surface area contributed by atoms with Gasteiger partial charge in [0.1, 0.15) is 6.17 Å². The Morgan fingerprint density at radius 1 is 1.42 bits per heavy atom. The summed E-state index contributed by atoms with van der Waals surface area (Å²) in [5.41, 5.74) is 0.664. The number of alkyl halides is 1. The summed E-state index contributed by atoms with van der Waals surface area (Å²) >= 11 is 13.2. The van der Waals surface area contributed by atoms with Gasteiger partial charge in [-0.2, -0.15) is 4.99 Å². The summed E-state index contributed by atoms with van der Waals surface area (Å²) in [7, 11) is 0. The van der Waals surface area contributed by atoms with E-state index in [0.29, 0.717) is 38.4 Å². The molecule has 24 heavy (non-hydrogen) atoms. The van der Waals surface area contributed by atoms with Crippen LogP contribution in [0, 0.1) is 0 Å². The van der Waals surface area contributed by atoms with Crippen LogP contribution in [0.3, 0.4) is 0 Å². The zero-order chi connectivity index (χ0) is 17.3. The van der Waals surface area contributed by atoms with Gasteiger partial charge in [-0.15, -0.1) is 0 Å². The maximum absolute atomic E-state index is 13.3. The highest BCUT2D eigenvalue weighted by molar-refractivity contribution is 7.09. The molecule has 0 spiro atoms. The fraction of sp³-hybridized carbons (Fsp3) is 0.333. The molecule has 0 saturated carbocycles. The smallest absolute Gasteiger partial charge is 0.346 e. The van der Waals surface area contributed by atoms with E-state index >= 15 is 0 Å². The average Bonchev–Trinajstić information content (AvgIpc) is 3.16. The molecule has 1 N–H and O–H groups in total. The molecule has 1 aromatic carbocycles. The van der Waals surface area contributed by atoms with E-state index in [9.17, 15) is 14.3 Å². The van der Waals surface area contributed by atoms with Crippen LogP contribution in [0.4, 0.5) is 9.18 Å². The zero-order valence-corrected chi connectivity index (χ0v) is 14.8. The molecule has 0 unspecified atom stereocenters. The molecule has 3 rings (SSSR count). The Hall–Kier alpha value is -1.41. The number of hydrogen-bond acceptors (Lipinski definition) is 3. The van der Waals surface area contributed by atoms with Gasteiger partial charge < -0.3 is 10.0 Å². The first kappa shape index (κ1) is 17.4. The molecule has 1 aliphatic rings. The summed E-state index contributed by atoms with van der Waals surface area (Å²) in [5.74, 6) is 0. The van der Waals surface area contributed by atoms with Crippen LogP contribution in [0.5, 0.6) is 0 Å². The number of nitrogens with zero attached hydrogens (tertiary/aromatic N) is 3. The zero-order valence-electron chi connectivity index (χ0n) is 12.5. The first-order valence-corrected chi connectivity index (χ1v) is 8.80. The lowest BCUT2D eigenvalue weighted by atomic mass is 10.3. The normalized spacial score (nSPS) is 18.4. The second-order valence-corrected chi connectivity index (χ2v) is 7.24. The van der Waals surface area contributed by atoms with Crippen molar-refractivity contribution in [3.05, 3.63) is 44.1 Å². The molecule has 2 heterocycles. The second-order valence-electron chi connectivity index (χ2n) is 5.33. The first-order chi connectivity index (χ1) is 11.5. The number of amides is 2. The lowest BCUT2D eigenvalue weighted by molar-refractivity contribution is 0.213. The molecule has 9 heteroatoms. The van der Waals surface area contributed by atoms with Crippen LogP contribution in [0.1, 0.15) is 11.3 Å². The van der Waals surface area contributed by atoms with E-state index in [0.717, 1.165) is 0 Å². The van der Waals surface area contributed by atoms with Crippen LogP contribution in [0.15, 0.2) is 29.4 Å². The Balaban J connectivity index is 2.01. The number of carbonyl (C=O) groups excluding carboxylic acids is 1. The largest absolute Gasteiger partial charge is 0.391 e. The third-order valence-corrected chi connectivity index (χ3v) is 5.34. The summed E-state index contributed by atoms with van der Waals surface area (Å²) in [5, 5.41) is 10.2. The number of rotatable bonds is 2. The summed E-state index contributed by atoms with van der Waals surface area (Å²) in [6, 6.07) is 4.53. The number of carbonyl (C=O) groups is 1. The van der Waals surface area contributed by atoms with E-state index < -0.39 is 12.2 Å². The monoisotopic (exact) mass is 389 g/mol. The van der Waals surface area contributed by atoms with Crippen molar-refractivity contribution < 1.29 is 14.3 Å². The Kier molecular flexibility index (Phi) is 5.24. The Morgan fingerprint density at radius 2 is 2.21 bits per heavy atom. The highest BCUT2D eigenvalue weighted by Gasteiger charge is 2.25. The molecule has 0 aliphatic carbocycles. The summed E-state index contributed by atoms with van der Waals surface area (Å²) in [4.78, 5) is 18.7. The molecule has 1 fully saturated rings. The van der Waals surface area contributed by atoms with Crippen molar-refractivity contribution in [3.63, 3.8) is 0 Å². The molecular formula is C15H14Cl2FN3O2S.